The number of hydrogen-bond donors (Lipinski definition) is 2. The normalized spacial score (nSPS) is 13.5. The smallest absolute Gasteiger partial charge is 0.126 e. The van der Waals surface area contributed by atoms with Crippen LogP contribution in [0.15, 0.2) is 18.2 Å². The fraction of sp³-hybridized carbons (Fsp3) is 0.588. The molecule has 116 valence electrons. The highest BCUT2D eigenvalue weighted by Gasteiger charge is 2.18. The number of hydrogen-bond acceptors (Lipinski definition) is 3. The van der Waals surface area contributed by atoms with Crippen molar-refractivity contribution >= 4 is 11.0 Å². The van der Waals surface area contributed by atoms with E-state index in [0.717, 1.165) is 23.3 Å². The lowest BCUT2D eigenvalue weighted by atomic mass is 10.0. The van der Waals surface area contributed by atoms with Crippen molar-refractivity contribution < 1.29 is 5.11 Å². The molecule has 21 heavy (non-hydrogen) atoms. The van der Waals surface area contributed by atoms with Crippen LogP contribution < -0.4 is 5.73 Å². The highest BCUT2D eigenvalue weighted by atomic mass is 16.3. The molecule has 4 nitrogen and oxygen atoms in total. The number of rotatable bonds is 6. The third-order valence-electron chi connectivity index (χ3n) is 3.85. The maximum absolute atomic E-state index is 9.34. The zero-order chi connectivity index (χ0) is 15.6. The number of imidazole rings is 1. The molecule has 2 aromatic rings. The summed E-state index contributed by atoms with van der Waals surface area (Å²) in [6.45, 7) is 9.32. The Balaban J connectivity index is 2.50. The fourth-order valence-electron chi connectivity index (χ4n) is 2.76. The van der Waals surface area contributed by atoms with E-state index in [1.807, 2.05) is 0 Å². The molecule has 1 aromatic heterocycles. The van der Waals surface area contributed by atoms with Crippen LogP contribution in [0, 0.1) is 5.92 Å². The van der Waals surface area contributed by atoms with Crippen molar-refractivity contribution in [3.63, 3.8) is 0 Å². The van der Waals surface area contributed by atoms with Gasteiger partial charge >= 0.3 is 0 Å². The van der Waals surface area contributed by atoms with Crippen molar-refractivity contribution in [3.8, 4) is 0 Å². The summed E-state index contributed by atoms with van der Waals surface area (Å²) in [6, 6.07) is 6.28. The number of aromatic nitrogens is 2. The molecule has 0 radical (unpaired) electrons. The zero-order valence-electron chi connectivity index (χ0n) is 13.5. The number of aliphatic hydroxyl groups is 1. The summed E-state index contributed by atoms with van der Waals surface area (Å²) < 4.78 is 2.06. The van der Waals surface area contributed by atoms with Gasteiger partial charge in [0.25, 0.3) is 0 Å². The van der Waals surface area contributed by atoms with E-state index in [1.165, 1.54) is 5.56 Å². The zero-order valence-corrected chi connectivity index (χ0v) is 13.5. The molecular weight excluding hydrogens is 262 g/mol. The van der Waals surface area contributed by atoms with Crippen molar-refractivity contribution in [2.75, 3.05) is 6.61 Å². The molecule has 0 amide bonds. The van der Waals surface area contributed by atoms with Gasteiger partial charge in [-0.1, -0.05) is 33.8 Å². The third-order valence-corrected chi connectivity index (χ3v) is 3.85. The number of nitrogens with two attached hydrogens (primary N) is 1. The summed E-state index contributed by atoms with van der Waals surface area (Å²) in [5, 5.41) is 9.34. The second-order valence-electron chi connectivity index (χ2n) is 6.48. The van der Waals surface area contributed by atoms with Gasteiger partial charge in [0, 0.05) is 6.54 Å². The van der Waals surface area contributed by atoms with Gasteiger partial charge in [-0.15, -0.1) is 0 Å². The number of benzene rings is 1. The van der Waals surface area contributed by atoms with Crippen molar-refractivity contribution in [3.05, 3.63) is 29.6 Å². The first-order valence-corrected chi connectivity index (χ1v) is 7.80. The van der Waals surface area contributed by atoms with E-state index in [0.29, 0.717) is 18.4 Å². The van der Waals surface area contributed by atoms with Crippen LogP contribution in [-0.2, 0) is 6.54 Å². The second-order valence-corrected chi connectivity index (χ2v) is 6.48. The molecule has 0 fully saturated rings. The minimum atomic E-state index is -0.0913. The lowest BCUT2D eigenvalue weighted by Crippen LogP contribution is -2.19. The maximum atomic E-state index is 9.34. The molecule has 0 spiro atoms. The van der Waals surface area contributed by atoms with Crippen LogP contribution in [0.4, 0.5) is 0 Å². The molecule has 1 unspecified atom stereocenters. The van der Waals surface area contributed by atoms with Crippen molar-refractivity contribution in [2.24, 2.45) is 11.7 Å². The van der Waals surface area contributed by atoms with E-state index in [4.69, 9.17) is 10.7 Å². The largest absolute Gasteiger partial charge is 0.395 e. The van der Waals surface area contributed by atoms with Crippen LogP contribution in [-0.4, -0.2) is 21.3 Å². The summed E-state index contributed by atoms with van der Waals surface area (Å²) in [7, 11) is 0. The van der Waals surface area contributed by atoms with Gasteiger partial charge in [0.15, 0.2) is 0 Å². The quantitative estimate of drug-likeness (QED) is 0.858. The van der Waals surface area contributed by atoms with Crippen molar-refractivity contribution in [1.29, 1.82) is 0 Å². The topological polar surface area (TPSA) is 64.1 Å². The van der Waals surface area contributed by atoms with Gasteiger partial charge < -0.3 is 15.4 Å². The van der Waals surface area contributed by atoms with E-state index >= 15 is 0 Å². The first kappa shape index (κ1) is 16.0. The number of fused-ring (bicyclic) bond motifs is 1. The lowest BCUT2D eigenvalue weighted by molar-refractivity contribution is 0.274. The van der Waals surface area contributed by atoms with Crippen molar-refractivity contribution in [2.45, 2.75) is 52.6 Å². The monoisotopic (exact) mass is 289 g/mol. The van der Waals surface area contributed by atoms with E-state index in [-0.39, 0.29) is 12.6 Å². The Morgan fingerprint density at radius 2 is 1.95 bits per heavy atom. The summed E-state index contributed by atoms with van der Waals surface area (Å²) in [5.74, 6) is 1.88. The molecular formula is C17H27N3O. The molecule has 0 bridgehead atoms. The standard InChI is InChI=1S/C17H27N3O/c1-11(2)9-14(18)17-19-15-10-13(12(3)4)5-6-16(15)20(17)7-8-21/h5-6,10-12,14,21H,7-9,18H2,1-4H3. The Kier molecular flexibility index (Phi) is 5.01. The van der Waals surface area contributed by atoms with E-state index in [2.05, 4.69) is 50.5 Å². The third kappa shape index (κ3) is 3.44. The molecule has 1 atom stereocenters. The van der Waals surface area contributed by atoms with E-state index in [9.17, 15) is 5.11 Å². The van der Waals surface area contributed by atoms with Crippen LogP contribution in [0.5, 0.6) is 0 Å². The maximum Gasteiger partial charge on any atom is 0.126 e. The van der Waals surface area contributed by atoms with Crippen LogP contribution in [0.25, 0.3) is 11.0 Å². The highest BCUT2D eigenvalue weighted by molar-refractivity contribution is 5.77. The molecule has 1 heterocycles. The van der Waals surface area contributed by atoms with Gasteiger partial charge in [-0.2, -0.15) is 0 Å². The average Bonchev–Trinajstić information content (AvgIpc) is 2.76. The first-order valence-electron chi connectivity index (χ1n) is 7.80. The molecule has 0 saturated carbocycles. The molecule has 0 aliphatic carbocycles. The molecule has 0 aliphatic rings. The summed E-state index contributed by atoms with van der Waals surface area (Å²) in [5.41, 5.74) is 9.64. The first-order chi connectivity index (χ1) is 9.93. The second kappa shape index (κ2) is 6.58. The van der Waals surface area contributed by atoms with Crippen LogP contribution in [0.3, 0.4) is 0 Å². The van der Waals surface area contributed by atoms with Crippen LogP contribution in [0.1, 0.15) is 57.5 Å². The minimum Gasteiger partial charge on any atom is -0.395 e. The van der Waals surface area contributed by atoms with Gasteiger partial charge in [-0.3, -0.25) is 0 Å². The van der Waals surface area contributed by atoms with Gasteiger partial charge in [-0.25, -0.2) is 4.98 Å². The summed E-state index contributed by atoms with van der Waals surface area (Å²) >= 11 is 0. The molecule has 4 heteroatoms. The van der Waals surface area contributed by atoms with Gasteiger partial charge in [0.2, 0.25) is 0 Å². The van der Waals surface area contributed by atoms with E-state index in [1.54, 1.807) is 0 Å². The number of nitrogens with zero attached hydrogens (tertiary/aromatic N) is 2. The Bertz CT molecular complexity index is 601. The predicted molar refractivity (Wildman–Crippen MR) is 87.3 cm³/mol. The Hall–Kier alpha value is -1.39. The number of aliphatic hydroxyl groups excluding tert-OH is 1. The SMILES string of the molecule is CC(C)CC(N)c1nc2cc(C(C)C)ccc2n1CCO. The predicted octanol–water partition coefficient (Wildman–Crippen LogP) is 3.20. The van der Waals surface area contributed by atoms with Gasteiger partial charge in [-0.05, 0) is 36.0 Å². The molecule has 2 rings (SSSR count). The van der Waals surface area contributed by atoms with Crippen LogP contribution in [0.2, 0.25) is 0 Å². The Labute approximate surface area is 127 Å². The minimum absolute atomic E-state index is 0.0913. The summed E-state index contributed by atoms with van der Waals surface area (Å²) in [4.78, 5) is 4.75. The fourth-order valence-corrected chi connectivity index (χ4v) is 2.76. The summed E-state index contributed by atoms with van der Waals surface area (Å²) in [6.07, 6.45) is 0.895. The van der Waals surface area contributed by atoms with Gasteiger partial charge in [0.05, 0.1) is 23.7 Å². The Morgan fingerprint density at radius 1 is 1.24 bits per heavy atom. The molecule has 3 N–H and O–H groups in total. The molecule has 0 saturated heterocycles. The molecule has 1 aromatic carbocycles. The van der Waals surface area contributed by atoms with Crippen LogP contribution >= 0.6 is 0 Å². The average molecular weight is 289 g/mol. The van der Waals surface area contributed by atoms with Crippen molar-refractivity contribution in [1.82, 2.24) is 9.55 Å². The molecule has 0 aliphatic heterocycles. The van der Waals surface area contributed by atoms with Gasteiger partial charge in [0.1, 0.15) is 5.82 Å². The lowest BCUT2D eigenvalue weighted by Gasteiger charge is -2.15. The Morgan fingerprint density at radius 3 is 2.52 bits per heavy atom. The highest BCUT2D eigenvalue weighted by Crippen LogP contribution is 2.26. The van der Waals surface area contributed by atoms with E-state index < -0.39 is 0 Å².